The van der Waals surface area contributed by atoms with Crippen molar-refractivity contribution in [3.05, 3.63) is 212 Å². The van der Waals surface area contributed by atoms with E-state index in [9.17, 15) is 0 Å². The molecule has 11 rings (SSSR count). The number of para-hydroxylation sites is 1. The maximum absolute atomic E-state index is 4.93. The van der Waals surface area contributed by atoms with Gasteiger partial charge in [0.1, 0.15) is 0 Å². The van der Waals surface area contributed by atoms with Gasteiger partial charge in [0.05, 0.1) is 27.6 Å². The zero-order valence-corrected chi connectivity index (χ0v) is 30.5. The molecule has 0 radical (unpaired) electrons. The molecule has 0 N–H and O–H groups in total. The van der Waals surface area contributed by atoms with Gasteiger partial charge in [-0.25, -0.2) is 0 Å². The predicted molar refractivity (Wildman–Crippen MR) is 235 cm³/mol. The summed E-state index contributed by atoms with van der Waals surface area (Å²) in [6.45, 7) is 0. The van der Waals surface area contributed by atoms with Crippen molar-refractivity contribution < 1.29 is 0 Å². The van der Waals surface area contributed by atoms with Crippen LogP contribution in [0.3, 0.4) is 0 Å². The molecule has 0 saturated carbocycles. The Morgan fingerprint density at radius 2 is 0.768 bits per heavy atom. The van der Waals surface area contributed by atoms with E-state index in [4.69, 9.17) is 4.98 Å². The smallest absolute Gasteiger partial charge is 0.0963 e. The Bertz CT molecular complexity index is 3150. The number of fused-ring (bicyclic) bond motifs is 6. The summed E-state index contributed by atoms with van der Waals surface area (Å²) >= 11 is 0. The molecule has 0 atom stereocenters. The molecule has 11 aromatic rings. The average molecular weight is 714 g/mol. The Morgan fingerprint density at radius 1 is 0.268 bits per heavy atom. The number of aromatic nitrogens is 3. The lowest BCUT2D eigenvalue weighted by atomic mass is 9.98. The van der Waals surface area contributed by atoms with Gasteiger partial charge in [-0.1, -0.05) is 140 Å². The highest BCUT2D eigenvalue weighted by molar-refractivity contribution is 6.11. The molecule has 0 aliphatic carbocycles. The lowest BCUT2D eigenvalue weighted by Crippen LogP contribution is -1.96. The minimum atomic E-state index is 0.998. The molecule has 3 aromatic heterocycles. The van der Waals surface area contributed by atoms with E-state index < -0.39 is 0 Å². The zero-order valence-electron chi connectivity index (χ0n) is 30.5. The van der Waals surface area contributed by atoms with Crippen LogP contribution < -0.4 is 0 Å². The Balaban J connectivity index is 1.08. The summed E-state index contributed by atoms with van der Waals surface area (Å²) in [4.78, 5) is 4.93. The normalized spacial score (nSPS) is 11.6. The van der Waals surface area contributed by atoms with Gasteiger partial charge in [-0.2, -0.15) is 0 Å². The van der Waals surface area contributed by atoms with E-state index in [0.29, 0.717) is 0 Å². The Morgan fingerprint density at radius 3 is 1.46 bits per heavy atom. The minimum Gasteiger partial charge on any atom is -0.309 e. The highest BCUT2D eigenvalue weighted by Crippen LogP contribution is 2.39. The van der Waals surface area contributed by atoms with Crippen LogP contribution in [0.2, 0.25) is 0 Å². The highest BCUT2D eigenvalue weighted by atomic mass is 15.0. The van der Waals surface area contributed by atoms with Crippen molar-refractivity contribution in [2.24, 2.45) is 0 Å². The van der Waals surface area contributed by atoms with Crippen LogP contribution in [0.15, 0.2) is 212 Å². The van der Waals surface area contributed by atoms with Crippen LogP contribution in [0.25, 0.3) is 99.6 Å². The topological polar surface area (TPSA) is 22.8 Å². The molecule has 0 unspecified atom stereocenters. The minimum absolute atomic E-state index is 0.998. The number of benzene rings is 8. The predicted octanol–water partition coefficient (Wildman–Crippen LogP) is 13.9. The van der Waals surface area contributed by atoms with Crippen LogP contribution in [0.5, 0.6) is 0 Å². The summed E-state index contributed by atoms with van der Waals surface area (Å²) in [6.07, 6.45) is 1.90. The summed E-state index contributed by atoms with van der Waals surface area (Å²) in [6, 6.07) is 74.5. The summed E-state index contributed by atoms with van der Waals surface area (Å²) in [5.74, 6) is 0. The Labute approximate surface area is 325 Å². The number of nitrogens with zero attached hydrogens (tertiary/aromatic N) is 3. The fourth-order valence-electron chi connectivity index (χ4n) is 8.49. The number of hydrogen-bond donors (Lipinski definition) is 0. The monoisotopic (exact) mass is 713 g/mol. The first-order chi connectivity index (χ1) is 27.8. The van der Waals surface area contributed by atoms with Crippen LogP contribution in [0.1, 0.15) is 0 Å². The van der Waals surface area contributed by atoms with Gasteiger partial charge < -0.3 is 9.13 Å². The van der Waals surface area contributed by atoms with Gasteiger partial charge in [-0.3, -0.25) is 4.98 Å². The highest BCUT2D eigenvalue weighted by Gasteiger charge is 2.18. The van der Waals surface area contributed by atoms with Crippen LogP contribution in [0.4, 0.5) is 0 Å². The SMILES string of the molecule is c1ccc(-c2ccc(-n3c4ccc(-c5ccc6c7ccccc7n(-c7cc(-c8ccccc8)cc(-c8ccccc8)c7)c6c5)cc4c4ncccc43)cc2)cc1. The van der Waals surface area contributed by atoms with Gasteiger partial charge >= 0.3 is 0 Å². The maximum Gasteiger partial charge on any atom is 0.0963 e. The van der Waals surface area contributed by atoms with E-state index in [1.807, 2.05) is 12.3 Å². The standard InChI is InChI=1S/C53H35N3/c1-4-13-36(14-5-1)39-22-26-44(27-23-39)55-50-29-25-40(34-48(50)53-51(55)21-12-30-54-53)41-24-28-47-46-19-10-11-20-49(46)56(52(47)35-41)45-32-42(37-15-6-2-7-16-37)31-43(33-45)38-17-8-3-9-18-38/h1-35H. The lowest BCUT2D eigenvalue weighted by molar-refractivity contribution is 1.18. The number of hydrogen-bond acceptors (Lipinski definition) is 1. The largest absolute Gasteiger partial charge is 0.309 e. The van der Waals surface area contributed by atoms with E-state index in [-0.39, 0.29) is 0 Å². The first kappa shape index (κ1) is 32.0. The first-order valence-corrected chi connectivity index (χ1v) is 19.1. The van der Waals surface area contributed by atoms with E-state index in [1.54, 1.807) is 0 Å². The molecule has 3 heterocycles. The Hall–Kier alpha value is -7.49. The molecular weight excluding hydrogens is 679 g/mol. The third-order valence-corrected chi connectivity index (χ3v) is 11.1. The lowest BCUT2D eigenvalue weighted by Gasteiger charge is -2.14. The Kier molecular flexibility index (Phi) is 7.49. The summed E-state index contributed by atoms with van der Waals surface area (Å²) in [7, 11) is 0. The van der Waals surface area contributed by atoms with Crippen molar-refractivity contribution in [2.45, 2.75) is 0 Å². The van der Waals surface area contributed by atoms with E-state index in [0.717, 1.165) is 44.4 Å². The van der Waals surface area contributed by atoms with Gasteiger partial charge in [-0.05, 0) is 111 Å². The van der Waals surface area contributed by atoms with Crippen molar-refractivity contribution >= 4 is 43.7 Å². The molecule has 3 nitrogen and oxygen atoms in total. The van der Waals surface area contributed by atoms with E-state index >= 15 is 0 Å². The molecule has 0 aliphatic heterocycles. The molecule has 0 saturated heterocycles. The fourth-order valence-corrected chi connectivity index (χ4v) is 8.49. The molecule has 0 fully saturated rings. The third kappa shape index (κ3) is 5.32. The van der Waals surface area contributed by atoms with Crippen molar-refractivity contribution in [1.29, 1.82) is 0 Å². The molecule has 0 amide bonds. The number of pyridine rings is 1. The quantitative estimate of drug-likeness (QED) is 0.168. The van der Waals surface area contributed by atoms with E-state index in [1.165, 1.54) is 55.2 Å². The molecule has 0 aliphatic rings. The fraction of sp³-hybridized carbons (Fsp3) is 0. The van der Waals surface area contributed by atoms with Crippen LogP contribution in [0, 0.1) is 0 Å². The van der Waals surface area contributed by atoms with Gasteiger partial charge in [0.25, 0.3) is 0 Å². The zero-order chi connectivity index (χ0) is 37.0. The molecule has 8 aromatic carbocycles. The van der Waals surface area contributed by atoms with Gasteiger partial charge in [0.2, 0.25) is 0 Å². The molecule has 56 heavy (non-hydrogen) atoms. The van der Waals surface area contributed by atoms with Gasteiger partial charge in [-0.15, -0.1) is 0 Å². The van der Waals surface area contributed by atoms with Gasteiger partial charge in [0.15, 0.2) is 0 Å². The second kappa shape index (κ2) is 13.1. The van der Waals surface area contributed by atoms with E-state index in [2.05, 4.69) is 209 Å². The molecule has 262 valence electrons. The summed E-state index contributed by atoms with van der Waals surface area (Å²) < 4.78 is 4.78. The second-order valence-electron chi connectivity index (χ2n) is 14.4. The summed E-state index contributed by atoms with van der Waals surface area (Å²) in [5, 5.41) is 3.60. The molecular formula is C53H35N3. The van der Waals surface area contributed by atoms with Crippen molar-refractivity contribution in [3.63, 3.8) is 0 Å². The maximum atomic E-state index is 4.93. The van der Waals surface area contributed by atoms with Crippen LogP contribution in [-0.2, 0) is 0 Å². The first-order valence-electron chi connectivity index (χ1n) is 19.1. The van der Waals surface area contributed by atoms with Crippen molar-refractivity contribution in [3.8, 4) is 55.9 Å². The molecule has 0 spiro atoms. The third-order valence-electron chi connectivity index (χ3n) is 11.1. The van der Waals surface area contributed by atoms with Crippen LogP contribution in [-0.4, -0.2) is 14.1 Å². The molecule has 0 bridgehead atoms. The number of rotatable bonds is 6. The average Bonchev–Trinajstić information content (AvgIpc) is 3.79. The summed E-state index contributed by atoms with van der Waals surface area (Å²) in [5.41, 5.74) is 17.3. The van der Waals surface area contributed by atoms with Crippen molar-refractivity contribution in [2.75, 3.05) is 0 Å². The second-order valence-corrected chi connectivity index (χ2v) is 14.4. The molecule has 3 heteroatoms. The van der Waals surface area contributed by atoms with Gasteiger partial charge in [0, 0.05) is 33.7 Å². The van der Waals surface area contributed by atoms with Crippen LogP contribution >= 0.6 is 0 Å². The van der Waals surface area contributed by atoms with Crippen molar-refractivity contribution in [1.82, 2.24) is 14.1 Å².